The number of rotatable bonds is 8. The molecule has 2 aromatic rings. The van der Waals surface area contributed by atoms with Gasteiger partial charge in [-0.3, -0.25) is 4.79 Å². The zero-order chi connectivity index (χ0) is 19.5. The van der Waals surface area contributed by atoms with Crippen LogP contribution >= 0.6 is 0 Å². The molecule has 0 spiro atoms. The molecule has 0 fully saturated rings. The van der Waals surface area contributed by atoms with E-state index in [2.05, 4.69) is 52.1 Å². The van der Waals surface area contributed by atoms with E-state index >= 15 is 0 Å². The summed E-state index contributed by atoms with van der Waals surface area (Å²) >= 11 is 0. The molecule has 0 radical (unpaired) electrons. The first-order valence-electron chi connectivity index (χ1n) is 9.54. The van der Waals surface area contributed by atoms with Gasteiger partial charge in [0.05, 0.1) is 6.54 Å². The first-order valence-corrected chi connectivity index (χ1v) is 9.54. The van der Waals surface area contributed by atoms with Gasteiger partial charge in [-0.25, -0.2) is 4.99 Å². The second kappa shape index (κ2) is 11.0. The van der Waals surface area contributed by atoms with Crippen molar-refractivity contribution in [1.29, 1.82) is 0 Å². The zero-order valence-corrected chi connectivity index (χ0v) is 16.5. The predicted molar refractivity (Wildman–Crippen MR) is 113 cm³/mol. The quantitative estimate of drug-likeness (QED) is 0.494. The molecule has 1 amide bonds. The molecule has 2 aromatic carbocycles. The number of carbonyl (C=O) groups is 1. The van der Waals surface area contributed by atoms with E-state index in [1.165, 1.54) is 5.56 Å². The van der Waals surface area contributed by atoms with Crippen LogP contribution in [0.5, 0.6) is 0 Å². The predicted octanol–water partition coefficient (Wildman–Crippen LogP) is 3.58. The third-order valence-electron chi connectivity index (χ3n) is 4.06. The van der Waals surface area contributed by atoms with Crippen molar-refractivity contribution in [3.05, 3.63) is 65.7 Å². The van der Waals surface area contributed by atoms with Crippen molar-refractivity contribution >= 4 is 17.6 Å². The molecular weight excluding hydrogens is 336 g/mol. The van der Waals surface area contributed by atoms with Crippen LogP contribution in [-0.4, -0.2) is 25.0 Å². The van der Waals surface area contributed by atoms with Crippen molar-refractivity contribution in [3.8, 4) is 0 Å². The fraction of sp³-hybridized carbons (Fsp3) is 0.364. The Kier molecular flexibility index (Phi) is 8.36. The lowest BCUT2D eigenvalue weighted by molar-refractivity contribution is -0.118. The molecular formula is C22H30N4O. The maximum absolute atomic E-state index is 11.7. The lowest BCUT2D eigenvalue weighted by Crippen LogP contribution is -2.38. The second-order valence-corrected chi connectivity index (χ2v) is 6.70. The topological polar surface area (TPSA) is 65.5 Å². The largest absolute Gasteiger partial charge is 0.357 e. The average molecular weight is 367 g/mol. The Morgan fingerprint density at radius 1 is 0.963 bits per heavy atom. The number of nitrogens with one attached hydrogen (secondary N) is 3. The summed E-state index contributed by atoms with van der Waals surface area (Å²) in [6, 6.07) is 18.2. The zero-order valence-electron chi connectivity index (χ0n) is 16.5. The SMILES string of the molecule is CCNC(=NCc1ccc(NC(=O)C(C)C)cc1)NCCc1ccccc1. The van der Waals surface area contributed by atoms with E-state index < -0.39 is 0 Å². The molecule has 0 aliphatic heterocycles. The molecule has 3 N–H and O–H groups in total. The number of hydrogen-bond donors (Lipinski definition) is 3. The van der Waals surface area contributed by atoms with Gasteiger partial charge in [0.15, 0.2) is 5.96 Å². The van der Waals surface area contributed by atoms with Crippen LogP contribution in [0.3, 0.4) is 0 Å². The van der Waals surface area contributed by atoms with Gasteiger partial charge in [0, 0.05) is 24.7 Å². The Bertz CT molecular complexity index is 724. The van der Waals surface area contributed by atoms with E-state index in [1.807, 2.05) is 44.2 Å². The van der Waals surface area contributed by atoms with E-state index in [-0.39, 0.29) is 11.8 Å². The van der Waals surface area contributed by atoms with Crippen LogP contribution < -0.4 is 16.0 Å². The molecule has 0 unspecified atom stereocenters. The number of anilines is 1. The summed E-state index contributed by atoms with van der Waals surface area (Å²) in [6.07, 6.45) is 0.954. The molecule has 0 aliphatic carbocycles. The third-order valence-corrected chi connectivity index (χ3v) is 4.06. The number of amides is 1. The van der Waals surface area contributed by atoms with Crippen LogP contribution in [0.25, 0.3) is 0 Å². The second-order valence-electron chi connectivity index (χ2n) is 6.70. The highest BCUT2D eigenvalue weighted by Gasteiger charge is 2.06. The average Bonchev–Trinajstić information content (AvgIpc) is 2.68. The summed E-state index contributed by atoms with van der Waals surface area (Å²) in [7, 11) is 0. The lowest BCUT2D eigenvalue weighted by atomic mass is 10.1. The fourth-order valence-electron chi connectivity index (χ4n) is 2.46. The first kappa shape index (κ1) is 20.5. The van der Waals surface area contributed by atoms with Gasteiger partial charge in [0.1, 0.15) is 0 Å². The summed E-state index contributed by atoms with van der Waals surface area (Å²) in [5, 5.41) is 9.54. The van der Waals surface area contributed by atoms with E-state index in [9.17, 15) is 4.79 Å². The Balaban J connectivity index is 1.86. The van der Waals surface area contributed by atoms with Gasteiger partial charge in [-0.05, 0) is 36.6 Å². The molecule has 2 rings (SSSR count). The van der Waals surface area contributed by atoms with Crippen LogP contribution in [0, 0.1) is 5.92 Å². The Labute approximate surface area is 162 Å². The van der Waals surface area contributed by atoms with Crippen LogP contribution in [0.15, 0.2) is 59.6 Å². The maximum atomic E-state index is 11.7. The maximum Gasteiger partial charge on any atom is 0.226 e. The molecule has 0 bridgehead atoms. The minimum absolute atomic E-state index is 0.0258. The molecule has 0 aliphatic rings. The van der Waals surface area contributed by atoms with Gasteiger partial charge in [-0.2, -0.15) is 0 Å². The molecule has 0 aromatic heterocycles. The van der Waals surface area contributed by atoms with Crippen LogP contribution in [-0.2, 0) is 17.8 Å². The fourth-order valence-corrected chi connectivity index (χ4v) is 2.46. The Hall–Kier alpha value is -2.82. The minimum atomic E-state index is -0.0288. The molecule has 0 saturated heterocycles. The first-order chi connectivity index (χ1) is 13.1. The van der Waals surface area contributed by atoms with Gasteiger partial charge < -0.3 is 16.0 Å². The normalized spacial score (nSPS) is 11.3. The Morgan fingerprint density at radius 3 is 2.30 bits per heavy atom. The summed E-state index contributed by atoms with van der Waals surface area (Å²) < 4.78 is 0. The smallest absolute Gasteiger partial charge is 0.226 e. The molecule has 0 heterocycles. The highest BCUT2D eigenvalue weighted by atomic mass is 16.1. The van der Waals surface area contributed by atoms with Crippen molar-refractivity contribution in [2.75, 3.05) is 18.4 Å². The number of guanidine groups is 1. The molecule has 144 valence electrons. The van der Waals surface area contributed by atoms with E-state index in [0.29, 0.717) is 6.54 Å². The summed E-state index contributed by atoms with van der Waals surface area (Å²) in [6.45, 7) is 8.05. The monoisotopic (exact) mass is 366 g/mol. The van der Waals surface area contributed by atoms with Crippen LogP contribution in [0.1, 0.15) is 31.9 Å². The number of benzene rings is 2. The number of carbonyl (C=O) groups excluding carboxylic acids is 1. The highest BCUT2D eigenvalue weighted by molar-refractivity contribution is 5.92. The van der Waals surface area contributed by atoms with Crippen molar-refractivity contribution in [2.24, 2.45) is 10.9 Å². The molecule has 5 heteroatoms. The van der Waals surface area contributed by atoms with Gasteiger partial charge >= 0.3 is 0 Å². The van der Waals surface area contributed by atoms with Crippen molar-refractivity contribution in [3.63, 3.8) is 0 Å². The molecule has 0 atom stereocenters. The molecule has 5 nitrogen and oxygen atoms in total. The van der Waals surface area contributed by atoms with E-state index in [0.717, 1.165) is 36.7 Å². The van der Waals surface area contributed by atoms with Crippen LogP contribution in [0.4, 0.5) is 5.69 Å². The number of hydrogen-bond acceptors (Lipinski definition) is 2. The van der Waals surface area contributed by atoms with Crippen molar-refractivity contribution < 1.29 is 4.79 Å². The van der Waals surface area contributed by atoms with Gasteiger partial charge in [0.2, 0.25) is 5.91 Å². The Morgan fingerprint density at radius 2 is 1.67 bits per heavy atom. The van der Waals surface area contributed by atoms with Gasteiger partial charge in [-0.15, -0.1) is 0 Å². The van der Waals surface area contributed by atoms with Crippen LogP contribution in [0.2, 0.25) is 0 Å². The third kappa shape index (κ3) is 7.52. The summed E-state index contributed by atoms with van der Waals surface area (Å²) in [5.41, 5.74) is 3.21. The van der Waals surface area contributed by atoms with Gasteiger partial charge in [0.25, 0.3) is 0 Å². The minimum Gasteiger partial charge on any atom is -0.357 e. The lowest BCUT2D eigenvalue weighted by Gasteiger charge is -2.12. The van der Waals surface area contributed by atoms with E-state index in [4.69, 9.17) is 0 Å². The summed E-state index contributed by atoms with van der Waals surface area (Å²) in [4.78, 5) is 16.4. The number of nitrogens with zero attached hydrogens (tertiary/aromatic N) is 1. The van der Waals surface area contributed by atoms with Crippen molar-refractivity contribution in [2.45, 2.75) is 33.7 Å². The highest BCUT2D eigenvalue weighted by Crippen LogP contribution is 2.11. The summed E-state index contributed by atoms with van der Waals surface area (Å²) in [5.74, 6) is 0.808. The number of aliphatic imine (C=N–C) groups is 1. The van der Waals surface area contributed by atoms with Crippen molar-refractivity contribution in [1.82, 2.24) is 10.6 Å². The molecule has 27 heavy (non-hydrogen) atoms. The molecule has 0 saturated carbocycles. The standard InChI is InChI=1S/C22H30N4O/c1-4-23-22(24-15-14-18-8-6-5-7-9-18)25-16-19-10-12-20(13-11-19)26-21(27)17(2)3/h5-13,17H,4,14-16H2,1-3H3,(H,26,27)(H2,23,24,25). The van der Waals surface area contributed by atoms with Gasteiger partial charge in [-0.1, -0.05) is 56.3 Å². The van der Waals surface area contributed by atoms with E-state index in [1.54, 1.807) is 0 Å².